The minimum absolute atomic E-state index is 0.0699. The average Bonchev–Trinajstić information content (AvgIpc) is 2.45. The maximum absolute atomic E-state index is 11.6. The first-order valence-electron chi connectivity index (χ1n) is 8.18. The number of carbonyl (C=O) groups is 2. The Morgan fingerprint density at radius 1 is 0.957 bits per heavy atom. The molecular weight excluding hydrogens is 382 g/mol. The van der Waals surface area contributed by atoms with Gasteiger partial charge < -0.3 is 4.74 Å². The fourth-order valence-electron chi connectivity index (χ4n) is 2.24. The molecule has 0 radical (unpaired) electrons. The Hall–Kier alpha value is 0.300. The number of hydrogen-bond acceptors (Lipinski definition) is 3. The summed E-state index contributed by atoms with van der Waals surface area (Å²) in [5.41, 5.74) is 0. The predicted molar refractivity (Wildman–Crippen MR) is 97.4 cm³/mol. The lowest BCUT2D eigenvalue weighted by Gasteiger charge is -2.14. The van der Waals surface area contributed by atoms with E-state index in [2.05, 4.69) is 6.92 Å². The van der Waals surface area contributed by atoms with Crippen molar-refractivity contribution in [3.05, 3.63) is 0 Å². The molecule has 0 heterocycles. The number of unbranched alkanes of at least 4 members (excludes halogenated alkanes) is 7. The highest BCUT2D eigenvalue weighted by molar-refractivity contribution is 6.67. The van der Waals surface area contributed by atoms with Crippen molar-refractivity contribution in [1.82, 2.24) is 0 Å². The molecule has 0 N–H and O–H groups in total. The van der Waals surface area contributed by atoms with Gasteiger partial charge in [-0.3, -0.25) is 9.59 Å². The van der Waals surface area contributed by atoms with Crippen molar-refractivity contribution in [3.63, 3.8) is 0 Å². The van der Waals surface area contributed by atoms with E-state index in [0.717, 1.165) is 19.3 Å². The zero-order chi connectivity index (χ0) is 17.7. The predicted octanol–water partition coefficient (Wildman–Crippen LogP) is 6.20. The molecule has 3 nitrogen and oxygen atoms in total. The van der Waals surface area contributed by atoms with E-state index in [4.69, 9.17) is 51.1 Å². The lowest BCUT2D eigenvalue weighted by Crippen LogP contribution is -2.21. The van der Waals surface area contributed by atoms with Crippen LogP contribution in [-0.2, 0) is 14.3 Å². The van der Waals surface area contributed by atoms with Gasteiger partial charge in [0.1, 0.15) is 6.61 Å². The smallest absolute Gasteiger partial charge is 0.306 e. The summed E-state index contributed by atoms with van der Waals surface area (Å²) >= 11 is 22.1. The molecular formula is C16H26Cl4O3. The second-order valence-corrected chi connectivity index (χ2v) is 8.63. The van der Waals surface area contributed by atoms with Crippen LogP contribution in [0.15, 0.2) is 0 Å². The molecule has 0 rings (SSSR count). The standard InChI is InChI=1S/C16H26Cl4O3/c1-2-3-4-5-6-7-8-9-10-13(15(17)22)11-14(21)23-12-16(18,19)20/h13H,2-12H2,1H3/t13-/m1/s1. The highest BCUT2D eigenvalue weighted by Gasteiger charge is 2.25. The molecule has 0 saturated carbocycles. The van der Waals surface area contributed by atoms with Crippen LogP contribution in [0.25, 0.3) is 0 Å². The first-order valence-corrected chi connectivity index (χ1v) is 9.69. The zero-order valence-corrected chi connectivity index (χ0v) is 16.6. The van der Waals surface area contributed by atoms with E-state index < -0.39 is 20.9 Å². The van der Waals surface area contributed by atoms with Crippen LogP contribution >= 0.6 is 46.4 Å². The number of hydrogen-bond donors (Lipinski definition) is 0. The zero-order valence-electron chi connectivity index (χ0n) is 13.6. The molecule has 0 aliphatic rings. The van der Waals surface area contributed by atoms with Gasteiger partial charge in [0.15, 0.2) is 0 Å². The van der Waals surface area contributed by atoms with Gasteiger partial charge in [0.05, 0.1) is 6.42 Å². The summed E-state index contributed by atoms with van der Waals surface area (Å²) < 4.78 is 3.18. The summed E-state index contributed by atoms with van der Waals surface area (Å²) in [6, 6.07) is 0. The van der Waals surface area contributed by atoms with Crippen LogP contribution in [0.1, 0.15) is 71.1 Å². The fourth-order valence-corrected chi connectivity index (χ4v) is 2.59. The van der Waals surface area contributed by atoms with Crippen molar-refractivity contribution in [1.29, 1.82) is 0 Å². The number of ether oxygens (including phenoxy) is 1. The van der Waals surface area contributed by atoms with E-state index in [1.807, 2.05) is 0 Å². The Kier molecular flexibility index (Phi) is 13.8. The topological polar surface area (TPSA) is 43.4 Å². The summed E-state index contributed by atoms with van der Waals surface area (Å²) in [6.07, 6.45) is 9.86. The third-order valence-corrected chi connectivity index (χ3v) is 4.17. The maximum Gasteiger partial charge on any atom is 0.306 e. The van der Waals surface area contributed by atoms with Crippen LogP contribution in [-0.4, -0.2) is 21.6 Å². The van der Waals surface area contributed by atoms with Gasteiger partial charge in [0, 0.05) is 5.92 Å². The molecule has 0 amide bonds. The molecule has 0 aliphatic carbocycles. The van der Waals surface area contributed by atoms with Gasteiger partial charge in [-0.15, -0.1) is 0 Å². The molecule has 0 saturated heterocycles. The van der Waals surface area contributed by atoms with Gasteiger partial charge in [-0.1, -0.05) is 93.1 Å². The van der Waals surface area contributed by atoms with Crippen molar-refractivity contribution in [3.8, 4) is 0 Å². The Bertz CT molecular complexity index is 343. The van der Waals surface area contributed by atoms with Crippen molar-refractivity contribution in [2.45, 2.75) is 74.9 Å². The van der Waals surface area contributed by atoms with E-state index >= 15 is 0 Å². The summed E-state index contributed by atoms with van der Waals surface area (Å²) in [5, 5.41) is -0.515. The van der Waals surface area contributed by atoms with Crippen LogP contribution in [0.5, 0.6) is 0 Å². The summed E-state index contributed by atoms with van der Waals surface area (Å²) in [7, 11) is 0. The van der Waals surface area contributed by atoms with Gasteiger partial charge >= 0.3 is 5.97 Å². The van der Waals surface area contributed by atoms with Crippen molar-refractivity contribution in [2.75, 3.05) is 6.61 Å². The van der Waals surface area contributed by atoms with E-state index in [1.54, 1.807) is 0 Å². The SMILES string of the molecule is CCCCCCCCCC[C@H](CC(=O)OCC(Cl)(Cl)Cl)C(=O)Cl. The molecule has 7 heteroatoms. The first kappa shape index (κ1) is 23.3. The van der Waals surface area contributed by atoms with E-state index in [0.29, 0.717) is 6.42 Å². The molecule has 0 bridgehead atoms. The van der Waals surface area contributed by atoms with Crippen molar-refractivity contribution >= 4 is 57.6 Å². The Morgan fingerprint density at radius 2 is 1.48 bits per heavy atom. The highest BCUT2D eigenvalue weighted by Crippen LogP contribution is 2.26. The van der Waals surface area contributed by atoms with Crippen LogP contribution in [0, 0.1) is 5.92 Å². The summed E-state index contributed by atoms with van der Waals surface area (Å²) in [4.78, 5) is 23.0. The van der Waals surface area contributed by atoms with Crippen molar-refractivity contribution in [2.24, 2.45) is 5.92 Å². The summed E-state index contributed by atoms with van der Waals surface area (Å²) in [5.74, 6) is -1.10. The molecule has 0 aromatic rings. The van der Waals surface area contributed by atoms with Crippen LogP contribution in [0.2, 0.25) is 0 Å². The number of esters is 1. The van der Waals surface area contributed by atoms with Crippen LogP contribution in [0.3, 0.4) is 0 Å². The normalized spacial score (nSPS) is 12.9. The number of rotatable bonds is 13. The van der Waals surface area contributed by atoms with E-state index in [1.165, 1.54) is 32.1 Å². The lowest BCUT2D eigenvalue weighted by atomic mass is 9.98. The number of alkyl halides is 3. The molecule has 0 unspecified atom stereocenters. The third-order valence-electron chi connectivity index (χ3n) is 3.54. The molecule has 136 valence electrons. The quantitative estimate of drug-likeness (QED) is 0.158. The van der Waals surface area contributed by atoms with Crippen LogP contribution in [0.4, 0.5) is 0 Å². The Balaban J connectivity index is 3.86. The Labute approximate surface area is 159 Å². The van der Waals surface area contributed by atoms with E-state index in [-0.39, 0.29) is 13.0 Å². The minimum atomic E-state index is -1.64. The van der Waals surface area contributed by atoms with E-state index in [9.17, 15) is 9.59 Å². The number of halogens is 4. The molecule has 23 heavy (non-hydrogen) atoms. The van der Waals surface area contributed by atoms with Gasteiger partial charge in [-0.2, -0.15) is 0 Å². The second-order valence-electron chi connectivity index (χ2n) is 5.74. The maximum atomic E-state index is 11.6. The monoisotopic (exact) mass is 406 g/mol. The third kappa shape index (κ3) is 15.6. The molecule has 0 aromatic carbocycles. The fraction of sp³-hybridized carbons (Fsp3) is 0.875. The average molecular weight is 408 g/mol. The molecule has 0 fully saturated rings. The van der Waals surface area contributed by atoms with Crippen LogP contribution < -0.4 is 0 Å². The van der Waals surface area contributed by atoms with Crippen molar-refractivity contribution < 1.29 is 14.3 Å². The largest absolute Gasteiger partial charge is 0.461 e. The Morgan fingerprint density at radius 3 is 1.96 bits per heavy atom. The molecule has 1 atom stereocenters. The molecule has 0 aliphatic heterocycles. The van der Waals surface area contributed by atoms with Gasteiger partial charge in [0.2, 0.25) is 9.03 Å². The molecule has 0 aromatic heterocycles. The summed E-state index contributed by atoms with van der Waals surface area (Å²) in [6.45, 7) is 1.86. The van der Waals surface area contributed by atoms with Gasteiger partial charge in [-0.05, 0) is 18.0 Å². The lowest BCUT2D eigenvalue weighted by molar-refractivity contribution is -0.145. The molecule has 0 spiro atoms. The van der Waals surface area contributed by atoms with Gasteiger partial charge in [-0.25, -0.2) is 0 Å². The number of carbonyl (C=O) groups excluding carboxylic acids is 2. The first-order chi connectivity index (χ1) is 10.8. The van der Waals surface area contributed by atoms with Gasteiger partial charge in [0.25, 0.3) is 0 Å². The highest BCUT2D eigenvalue weighted by atomic mass is 35.6. The second kappa shape index (κ2) is 13.6. The minimum Gasteiger partial charge on any atom is -0.461 e.